The number of hydrogen-bond acceptors (Lipinski definition) is 4. The van der Waals surface area contributed by atoms with Crippen molar-refractivity contribution in [3.05, 3.63) is 34.7 Å². The van der Waals surface area contributed by atoms with Gasteiger partial charge >= 0.3 is 0 Å². The number of nitrogens with one attached hydrogen (secondary N) is 1. The second-order valence-corrected chi connectivity index (χ2v) is 5.34. The summed E-state index contributed by atoms with van der Waals surface area (Å²) in [5.74, 6) is -0.313. The van der Waals surface area contributed by atoms with Crippen molar-refractivity contribution in [3.8, 4) is 10.7 Å². The molecular formula is C14H18FN3S. The Hall–Kier alpha value is -1.33. The predicted octanol–water partition coefficient (Wildman–Crippen LogP) is 3.41. The Labute approximate surface area is 116 Å². The van der Waals surface area contributed by atoms with Gasteiger partial charge in [0.2, 0.25) is 0 Å². The molecule has 19 heavy (non-hydrogen) atoms. The minimum atomic E-state index is -0.313. The molecule has 102 valence electrons. The highest BCUT2D eigenvalue weighted by molar-refractivity contribution is 7.15. The minimum absolute atomic E-state index is 0.313. The molecular weight excluding hydrogens is 261 g/mol. The van der Waals surface area contributed by atoms with E-state index < -0.39 is 0 Å². The molecule has 0 unspecified atom stereocenters. The van der Waals surface area contributed by atoms with E-state index in [1.165, 1.54) is 22.3 Å². The fraction of sp³-hybridized carbons (Fsp3) is 0.429. The number of pyridine rings is 1. The van der Waals surface area contributed by atoms with Crippen molar-refractivity contribution >= 4 is 11.3 Å². The van der Waals surface area contributed by atoms with E-state index in [1.807, 2.05) is 0 Å². The normalized spacial score (nSPS) is 10.9. The summed E-state index contributed by atoms with van der Waals surface area (Å²) in [6, 6.07) is 3.02. The largest absolute Gasteiger partial charge is 0.312 e. The van der Waals surface area contributed by atoms with E-state index in [4.69, 9.17) is 0 Å². The fourth-order valence-corrected chi connectivity index (χ4v) is 2.94. The summed E-state index contributed by atoms with van der Waals surface area (Å²) in [7, 11) is 0. The SMILES string of the molecule is CCCNCc1sc(-c2ncccc2F)nc1CC. The molecule has 0 atom stereocenters. The third-order valence-electron chi connectivity index (χ3n) is 2.79. The number of halogens is 1. The van der Waals surface area contributed by atoms with Gasteiger partial charge in [-0.3, -0.25) is 4.98 Å². The number of nitrogens with zero attached hydrogens (tertiary/aromatic N) is 2. The van der Waals surface area contributed by atoms with E-state index in [1.54, 1.807) is 12.3 Å². The topological polar surface area (TPSA) is 37.8 Å². The van der Waals surface area contributed by atoms with Gasteiger partial charge < -0.3 is 5.32 Å². The number of rotatable bonds is 6. The number of hydrogen-bond donors (Lipinski definition) is 1. The van der Waals surface area contributed by atoms with Crippen LogP contribution in [0, 0.1) is 5.82 Å². The van der Waals surface area contributed by atoms with Crippen molar-refractivity contribution in [2.45, 2.75) is 33.2 Å². The molecule has 0 saturated carbocycles. The van der Waals surface area contributed by atoms with Crippen LogP contribution in [0.4, 0.5) is 4.39 Å². The zero-order valence-corrected chi connectivity index (χ0v) is 12.1. The molecule has 3 nitrogen and oxygen atoms in total. The van der Waals surface area contributed by atoms with Crippen LogP contribution in [0.15, 0.2) is 18.3 Å². The molecule has 2 heterocycles. The average Bonchev–Trinajstić information content (AvgIpc) is 2.83. The highest BCUT2D eigenvalue weighted by Gasteiger charge is 2.14. The minimum Gasteiger partial charge on any atom is -0.312 e. The predicted molar refractivity (Wildman–Crippen MR) is 76.7 cm³/mol. The first kappa shape index (κ1) is 14.1. The van der Waals surface area contributed by atoms with Crippen LogP contribution >= 0.6 is 11.3 Å². The molecule has 0 bridgehead atoms. The summed E-state index contributed by atoms with van der Waals surface area (Å²) >= 11 is 1.53. The van der Waals surface area contributed by atoms with Crippen LogP contribution < -0.4 is 5.32 Å². The number of aromatic nitrogens is 2. The van der Waals surface area contributed by atoms with Crippen LogP contribution in [-0.4, -0.2) is 16.5 Å². The van der Waals surface area contributed by atoms with Gasteiger partial charge in [-0.2, -0.15) is 0 Å². The molecule has 0 aliphatic carbocycles. The first-order valence-electron chi connectivity index (χ1n) is 6.56. The lowest BCUT2D eigenvalue weighted by Crippen LogP contribution is -2.13. The Morgan fingerprint density at radius 1 is 1.37 bits per heavy atom. The van der Waals surface area contributed by atoms with E-state index in [2.05, 4.69) is 29.1 Å². The van der Waals surface area contributed by atoms with E-state index >= 15 is 0 Å². The lowest BCUT2D eigenvalue weighted by atomic mass is 10.3. The standard InChI is InChI=1S/C14H18FN3S/c1-3-7-16-9-12-11(4-2)18-14(19-12)13-10(15)6-5-8-17-13/h5-6,8,16H,3-4,7,9H2,1-2H3. The summed E-state index contributed by atoms with van der Waals surface area (Å²) in [5.41, 5.74) is 1.39. The summed E-state index contributed by atoms with van der Waals surface area (Å²) < 4.78 is 13.7. The Kier molecular flexibility index (Phi) is 4.99. The Morgan fingerprint density at radius 3 is 2.89 bits per heavy atom. The third kappa shape index (κ3) is 3.36. The van der Waals surface area contributed by atoms with Crippen LogP contribution in [0.5, 0.6) is 0 Å². The van der Waals surface area contributed by atoms with Gasteiger partial charge in [-0.25, -0.2) is 9.37 Å². The molecule has 0 aromatic carbocycles. The molecule has 1 N–H and O–H groups in total. The number of thiazole rings is 1. The maximum Gasteiger partial charge on any atom is 0.151 e. The second-order valence-electron chi connectivity index (χ2n) is 4.25. The van der Waals surface area contributed by atoms with Crippen LogP contribution in [0.1, 0.15) is 30.8 Å². The van der Waals surface area contributed by atoms with Crippen molar-refractivity contribution < 1.29 is 4.39 Å². The molecule has 0 amide bonds. The maximum atomic E-state index is 13.7. The molecule has 0 saturated heterocycles. The van der Waals surface area contributed by atoms with Crippen LogP contribution in [0.25, 0.3) is 10.7 Å². The van der Waals surface area contributed by atoms with Crippen molar-refractivity contribution in [1.82, 2.24) is 15.3 Å². The molecule has 2 aromatic heterocycles. The first-order valence-corrected chi connectivity index (χ1v) is 7.38. The molecule has 2 rings (SSSR count). The first-order chi connectivity index (χ1) is 9.26. The third-order valence-corrected chi connectivity index (χ3v) is 3.89. The number of aryl methyl sites for hydroxylation is 1. The zero-order valence-electron chi connectivity index (χ0n) is 11.2. The van der Waals surface area contributed by atoms with E-state index in [0.29, 0.717) is 10.7 Å². The van der Waals surface area contributed by atoms with Gasteiger partial charge in [0.25, 0.3) is 0 Å². The molecule has 0 aliphatic rings. The van der Waals surface area contributed by atoms with Gasteiger partial charge in [-0.05, 0) is 31.5 Å². The second kappa shape index (κ2) is 6.73. The monoisotopic (exact) mass is 279 g/mol. The van der Waals surface area contributed by atoms with Gasteiger partial charge in [-0.15, -0.1) is 11.3 Å². The zero-order chi connectivity index (χ0) is 13.7. The van der Waals surface area contributed by atoms with Crippen molar-refractivity contribution in [2.24, 2.45) is 0 Å². The highest BCUT2D eigenvalue weighted by atomic mass is 32.1. The maximum absolute atomic E-state index is 13.7. The average molecular weight is 279 g/mol. The lowest BCUT2D eigenvalue weighted by molar-refractivity contribution is 0.625. The quantitative estimate of drug-likeness (QED) is 0.823. The summed E-state index contributed by atoms with van der Waals surface area (Å²) in [4.78, 5) is 9.78. The van der Waals surface area contributed by atoms with Gasteiger partial charge in [0.1, 0.15) is 10.7 Å². The summed E-state index contributed by atoms with van der Waals surface area (Å²) in [6.45, 7) is 5.98. The smallest absolute Gasteiger partial charge is 0.151 e. The Morgan fingerprint density at radius 2 is 2.21 bits per heavy atom. The van der Waals surface area contributed by atoms with Crippen LogP contribution in [0.2, 0.25) is 0 Å². The van der Waals surface area contributed by atoms with Crippen LogP contribution in [-0.2, 0) is 13.0 Å². The van der Waals surface area contributed by atoms with Crippen molar-refractivity contribution in [2.75, 3.05) is 6.54 Å². The van der Waals surface area contributed by atoms with Gasteiger partial charge in [-0.1, -0.05) is 13.8 Å². The highest BCUT2D eigenvalue weighted by Crippen LogP contribution is 2.28. The lowest BCUT2D eigenvalue weighted by Gasteiger charge is -2.01. The molecule has 5 heteroatoms. The van der Waals surface area contributed by atoms with Crippen LogP contribution in [0.3, 0.4) is 0 Å². The molecule has 0 spiro atoms. The fourth-order valence-electron chi connectivity index (χ4n) is 1.82. The molecule has 0 radical (unpaired) electrons. The Bertz CT molecular complexity index is 539. The van der Waals surface area contributed by atoms with Crippen molar-refractivity contribution in [3.63, 3.8) is 0 Å². The van der Waals surface area contributed by atoms with Gasteiger partial charge in [0.15, 0.2) is 5.82 Å². The molecule has 0 fully saturated rings. The molecule has 2 aromatic rings. The van der Waals surface area contributed by atoms with E-state index in [-0.39, 0.29) is 5.82 Å². The van der Waals surface area contributed by atoms with Gasteiger partial charge in [0, 0.05) is 17.6 Å². The van der Waals surface area contributed by atoms with E-state index in [9.17, 15) is 4.39 Å². The van der Waals surface area contributed by atoms with Gasteiger partial charge in [0.05, 0.1) is 5.69 Å². The Balaban J connectivity index is 2.25. The van der Waals surface area contributed by atoms with E-state index in [0.717, 1.165) is 31.6 Å². The van der Waals surface area contributed by atoms with Crippen molar-refractivity contribution in [1.29, 1.82) is 0 Å². The summed E-state index contributed by atoms with van der Waals surface area (Å²) in [5, 5.41) is 4.03. The molecule has 0 aliphatic heterocycles. The summed E-state index contributed by atoms with van der Waals surface area (Å²) in [6.07, 6.45) is 3.55.